The molecule has 16 heavy (non-hydrogen) atoms. The average molecular weight is 262 g/mol. The van der Waals surface area contributed by atoms with E-state index in [9.17, 15) is 26.7 Å². The largest absolute Gasteiger partial charge is 0.422 e. The number of alkyl halides is 6. The third-order valence-corrected chi connectivity index (χ3v) is 2.12. The molecule has 0 aliphatic heterocycles. The van der Waals surface area contributed by atoms with Gasteiger partial charge in [-0.3, -0.25) is 4.79 Å². The smallest absolute Gasteiger partial charge is 0.359 e. The van der Waals surface area contributed by atoms with E-state index >= 15 is 0 Å². The fourth-order valence-corrected chi connectivity index (χ4v) is 1.34. The van der Waals surface area contributed by atoms with Crippen molar-refractivity contribution in [2.45, 2.75) is 18.5 Å². The van der Waals surface area contributed by atoms with Crippen LogP contribution in [0.15, 0.2) is 11.0 Å². The maximum atomic E-state index is 12.4. The summed E-state index contributed by atoms with van der Waals surface area (Å²) in [5.74, 6) is -0.484. The van der Waals surface area contributed by atoms with E-state index < -0.39 is 40.7 Å². The molecule has 1 heterocycles. The highest BCUT2D eigenvalue weighted by atomic mass is 35.5. The molecule has 90 valence electrons. The van der Waals surface area contributed by atoms with Crippen LogP contribution in [0.3, 0.4) is 0 Å². The van der Waals surface area contributed by atoms with Gasteiger partial charge in [0.1, 0.15) is 5.56 Å². The molecule has 8 heteroatoms. The van der Waals surface area contributed by atoms with E-state index in [0.717, 1.165) is 6.20 Å². The Kier molecular flexibility index (Phi) is 3.57. The summed E-state index contributed by atoms with van der Waals surface area (Å²) < 4.78 is 61.7. The molecular weight excluding hydrogens is 257 g/mol. The maximum Gasteiger partial charge on any atom is 0.422 e. The lowest BCUT2D eigenvalue weighted by Gasteiger charge is -2.12. The van der Waals surface area contributed by atoms with Gasteiger partial charge in [0.05, 0.1) is 11.6 Å². The average Bonchev–Trinajstić information content (AvgIpc) is 2.14. The highest BCUT2D eigenvalue weighted by Gasteiger charge is 2.39. The van der Waals surface area contributed by atoms with Crippen molar-refractivity contribution in [3.63, 3.8) is 0 Å². The van der Waals surface area contributed by atoms with Crippen molar-refractivity contribution in [3.8, 4) is 0 Å². The van der Waals surface area contributed by atoms with E-state index in [1.54, 1.807) is 4.98 Å². The van der Waals surface area contributed by atoms with Crippen LogP contribution in [-0.2, 0) is 12.1 Å². The number of halogens is 6. The SMILES string of the molecule is O=c1c(CCl)c[nH]c(C(F)F)c1C(F)(F)F. The molecule has 0 aromatic carbocycles. The number of hydrogen-bond acceptors (Lipinski definition) is 1. The molecule has 1 N–H and O–H groups in total. The van der Waals surface area contributed by atoms with Crippen LogP contribution in [0.2, 0.25) is 0 Å². The summed E-state index contributed by atoms with van der Waals surface area (Å²) in [6.45, 7) is 0. The summed E-state index contributed by atoms with van der Waals surface area (Å²) in [5.41, 5.74) is -5.25. The van der Waals surface area contributed by atoms with Gasteiger partial charge in [-0.2, -0.15) is 13.2 Å². The summed E-state index contributed by atoms with van der Waals surface area (Å²) in [6.07, 6.45) is -7.79. The fourth-order valence-electron chi connectivity index (χ4n) is 1.14. The zero-order chi connectivity index (χ0) is 12.5. The molecule has 0 saturated heterocycles. The zero-order valence-corrected chi connectivity index (χ0v) is 8.29. The lowest BCUT2D eigenvalue weighted by molar-refractivity contribution is -0.140. The number of H-pyrrole nitrogens is 1. The Hall–Kier alpha value is -1.11. The van der Waals surface area contributed by atoms with Crippen molar-refractivity contribution in [2.75, 3.05) is 0 Å². The van der Waals surface area contributed by atoms with Crippen LogP contribution in [-0.4, -0.2) is 4.98 Å². The van der Waals surface area contributed by atoms with Crippen LogP contribution < -0.4 is 5.43 Å². The zero-order valence-electron chi connectivity index (χ0n) is 7.54. The Morgan fingerprint density at radius 2 is 1.94 bits per heavy atom. The normalized spacial score (nSPS) is 12.2. The lowest BCUT2D eigenvalue weighted by Crippen LogP contribution is -2.25. The van der Waals surface area contributed by atoms with Crippen LogP contribution in [0.1, 0.15) is 23.2 Å². The standard InChI is InChI=1S/C8H5ClF5NO/c9-1-3-2-15-5(7(10)11)4(6(3)16)8(12,13)14/h2,7H,1H2,(H,15,16). The molecule has 0 saturated carbocycles. The van der Waals surface area contributed by atoms with Crippen LogP contribution in [0.25, 0.3) is 0 Å². The molecule has 0 amide bonds. The van der Waals surface area contributed by atoms with Crippen molar-refractivity contribution < 1.29 is 22.0 Å². The first kappa shape index (κ1) is 13.0. The van der Waals surface area contributed by atoms with Crippen LogP contribution in [0, 0.1) is 0 Å². The molecular formula is C8H5ClF5NO. The second-order valence-electron chi connectivity index (χ2n) is 2.86. The van der Waals surface area contributed by atoms with Gasteiger partial charge in [-0.15, -0.1) is 11.6 Å². The van der Waals surface area contributed by atoms with Crippen LogP contribution in [0.5, 0.6) is 0 Å². The van der Waals surface area contributed by atoms with Gasteiger partial charge in [-0.25, -0.2) is 8.78 Å². The highest BCUT2D eigenvalue weighted by molar-refractivity contribution is 6.17. The Morgan fingerprint density at radius 1 is 1.38 bits per heavy atom. The molecule has 0 aliphatic rings. The van der Waals surface area contributed by atoms with Gasteiger partial charge in [0, 0.05) is 11.8 Å². The predicted molar refractivity (Wildman–Crippen MR) is 46.6 cm³/mol. The van der Waals surface area contributed by atoms with Crippen molar-refractivity contribution in [3.05, 3.63) is 33.2 Å². The van der Waals surface area contributed by atoms with Crippen molar-refractivity contribution >= 4 is 11.6 Å². The quantitative estimate of drug-likeness (QED) is 0.644. The summed E-state index contributed by atoms with van der Waals surface area (Å²) >= 11 is 5.21. The van der Waals surface area contributed by atoms with E-state index in [2.05, 4.69) is 0 Å². The number of aromatic amines is 1. The molecule has 1 aromatic rings. The molecule has 1 aromatic heterocycles. The van der Waals surface area contributed by atoms with Gasteiger partial charge >= 0.3 is 6.18 Å². The molecule has 2 nitrogen and oxygen atoms in total. The Morgan fingerprint density at radius 3 is 2.31 bits per heavy atom. The number of nitrogens with one attached hydrogen (secondary N) is 1. The molecule has 0 radical (unpaired) electrons. The summed E-state index contributed by atoms with van der Waals surface area (Å²) in [6, 6.07) is 0. The monoisotopic (exact) mass is 261 g/mol. The van der Waals surface area contributed by atoms with Gasteiger partial charge in [-0.1, -0.05) is 0 Å². The minimum Gasteiger partial charge on any atom is -0.359 e. The van der Waals surface area contributed by atoms with Gasteiger partial charge in [0.2, 0.25) is 0 Å². The second-order valence-corrected chi connectivity index (χ2v) is 3.13. The summed E-state index contributed by atoms with van der Waals surface area (Å²) in [5, 5.41) is 0. The van der Waals surface area contributed by atoms with E-state index in [4.69, 9.17) is 11.6 Å². The summed E-state index contributed by atoms with van der Waals surface area (Å²) in [7, 11) is 0. The van der Waals surface area contributed by atoms with Gasteiger partial charge in [0.25, 0.3) is 6.43 Å². The number of aromatic nitrogens is 1. The minimum atomic E-state index is -5.14. The van der Waals surface area contributed by atoms with E-state index in [0.29, 0.717) is 0 Å². The molecule has 1 rings (SSSR count). The van der Waals surface area contributed by atoms with E-state index in [-0.39, 0.29) is 0 Å². The van der Waals surface area contributed by atoms with Crippen molar-refractivity contribution in [1.29, 1.82) is 0 Å². The van der Waals surface area contributed by atoms with E-state index in [1.807, 2.05) is 0 Å². The fraction of sp³-hybridized carbons (Fsp3) is 0.375. The Labute approximate surface area is 91.0 Å². The maximum absolute atomic E-state index is 12.4. The summed E-state index contributed by atoms with van der Waals surface area (Å²) in [4.78, 5) is 13.0. The van der Waals surface area contributed by atoms with Gasteiger partial charge in [0.15, 0.2) is 5.43 Å². The number of hydrogen-bond donors (Lipinski definition) is 1. The lowest BCUT2D eigenvalue weighted by atomic mass is 10.1. The van der Waals surface area contributed by atoms with Crippen LogP contribution >= 0.6 is 11.6 Å². The number of pyridine rings is 1. The first-order chi connectivity index (χ1) is 7.29. The molecule has 0 unspecified atom stereocenters. The predicted octanol–water partition coefficient (Wildman–Crippen LogP) is 3.07. The molecule has 0 spiro atoms. The molecule has 0 fully saturated rings. The third-order valence-electron chi connectivity index (χ3n) is 1.84. The third kappa shape index (κ3) is 2.34. The highest BCUT2D eigenvalue weighted by Crippen LogP contribution is 2.33. The second kappa shape index (κ2) is 4.40. The van der Waals surface area contributed by atoms with E-state index in [1.165, 1.54) is 0 Å². The number of rotatable bonds is 2. The minimum absolute atomic E-state index is 0.404. The topological polar surface area (TPSA) is 32.9 Å². The molecule has 0 bridgehead atoms. The molecule has 0 atom stereocenters. The van der Waals surface area contributed by atoms with Gasteiger partial charge < -0.3 is 4.98 Å². The Balaban J connectivity index is 3.57. The molecule has 0 aliphatic carbocycles. The Bertz CT molecular complexity index is 439. The first-order valence-electron chi connectivity index (χ1n) is 3.94. The van der Waals surface area contributed by atoms with Crippen molar-refractivity contribution in [1.82, 2.24) is 4.98 Å². The van der Waals surface area contributed by atoms with Crippen molar-refractivity contribution in [2.24, 2.45) is 0 Å². The first-order valence-corrected chi connectivity index (χ1v) is 4.48. The van der Waals surface area contributed by atoms with Gasteiger partial charge in [-0.05, 0) is 0 Å². The van der Waals surface area contributed by atoms with Crippen LogP contribution in [0.4, 0.5) is 22.0 Å².